The van der Waals surface area contributed by atoms with Crippen molar-refractivity contribution in [2.45, 2.75) is 96.3 Å². The summed E-state index contributed by atoms with van der Waals surface area (Å²) in [7, 11) is 0. The van der Waals surface area contributed by atoms with Crippen molar-refractivity contribution in [1.82, 2.24) is 0 Å². The molecule has 39 heavy (non-hydrogen) atoms. The molecule has 222 valence electrons. The minimum Gasteiger partial charge on any atom is -0.461 e. The third-order valence-electron chi connectivity index (χ3n) is 5.22. The van der Waals surface area contributed by atoms with Gasteiger partial charge < -0.3 is 18.9 Å². The van der Waals surface area contributed by atoms with Crippen LogP contribution in [0.25, 0.3) is 0 Å². The second-order valence-corrected chi connectivity index (χ2v) is 8.78. The van der Waals surface area contributed by atoms with E-state index in [1.807, 2.05) is 0 Å². The molecule has 0 saturated heterocycles. The van der Waals surface area contributed by atoms with Gasteiger partial charge in [0.1, 0.15) is 26.4 Å². The molecule has 0 bridgehead atoms. The Morgan fingerprint density at radius 3 is 0.718 bits per heavy atom. The zero-order chi connectivity index (χ0) is 29.4. The highest BCUT2D eigenvalue weighted by Gasteiger charge is 2.04. The first kappa shape index (κ1) is 38.0. The van der Waals surface area contributed by atoms with Crippen molar-refractivity contribution in [3.63, 3.8) is 0 Å². The van der Waals surface area contributed by atoms with E-state index in [0.29, 0.717) is 38.9 Å². The van der Waals surface area contributed by atoms with E-state index in [2.05, 4.69) is 26.3 Å². The molecule has 0 atom stereocenters. The van der Waals surface area contributed by atoms with Crippen molar-refractivity contribution in [3.8, 4) is 0 Å². The van der Waals surface area contributed by atoms with Gasteiger partial charge in [-0.25, -0.2) is 0 Å². The maximum absolute atomic E-state index is 11.2. The molecule has 8 heteroatoms. The first-order valence-electron chi connectivity index (χ1n) is 14.0. The molecule has 0 aliphatic carbocycles. The van der Waals surface area contributed by atoms with Crippen LogP contribution in [0.1, 0.15) is 96.3 Å². The first-order chi connectivity index (χ1) is 18.9. The average molecular weight is 551 g/mol. The van der Waals surface area contributed by atoms with Crippen LogP contribution in [0.15, 0.2) is 50.6 Å². The minimum atomic E-state index is -0.173. The second-order valence-electron chi connectivity index (χ2n) is 8.78. The Labute approximate surface area is 235 Å². The third kappa shape index (κ3) is 32.8. The van der Waals surface area contributed by atoms with E-state index in [4.69, 9.17) is 18.9 Å². The van der Waals surface area contributed by atoms with Crippen LogP contribution >= 0.6 is 0 Å². The topological polar surface area (TPSA) is 105 Å². The average Bonchev–Trinajstić information content (AvgIpc) is 2.93. The van der Waals surface area contributed by atoms with Gasteiger partial charge >= 0.3 is 23.9 Å². The van der Waals surface area contributed by atoms with Gasteiger partial charge in [-0.2, -0.15) is 0 Å². The summed E-state index contributed by atoms with van der Waals surface area (Å²) in [5.74, 6) is -0.662. The number of carbonyl (C=O) groups excluding carboxylic acids is 4. The van der Waals surface area contributed by atoms with Crippen molar-refractivity contribution in [3.05, 3.63) is 50.6 Å². The second kappa shape index (κ2) is 31.1. The predicted molar refractivity (Wildman–Crippen MR) is 154 cm³/mol. The first-order valence-corrected chi connectivity index (χ1v) is 14.0. The fourth-order valence-corrected chi connectivity index (χ4v) is 3.21. The molecule has 0 unspecified atom stereocenters. The molecule has 0 amide bonds. The summed E-state index contributed by atoms with van der Waals surface area (Å²) < 4.78 is 19.5. The summed E-state index contributed by atoms with van der Waals surface area (Å²) in [5.41, 5.74) is 0. The zero-order valence-electron chi connectivity index (χ0n) is 23.8. The molecule has 0 fully saturated rings. The summed E-state index contributed by atoms with van der Waals surface area (Å²) in [5, 5.41) is 0. The van der Waals surface area contributed by atoms with Crippen LogP contribution in [0.2, 0.25) is 0 Å². The molecule has 0 aromatic carbocycles. The zero-order valence-corrected chi connectivity index (χ0v) is 23.8. The Bertz CT molecular complexity index is 641. The van der Waals surface area contributed by atoms with Crippen LogP contribution in [-0.2, 0) is 38.1 Å². The standard InChI is InChI=1S/C16H26O4.C15H24O4/c1-3-13-19-15(17)11-9-7-5-6-8-10-12-16(18)20-14-4-2;1-3-12-18-14(16)10-8-6-5-7-9-11-15(17)19-13-4-2/h3-4H,1-2,5-14H2;3-4H,1-2,5-13H2. The normalized spacial score (nSPS) is 9.74. The Balaban J connectivity index is 0. The number of hydrogen-bond donors (Lipinski definition) is 0. The van der Waals surface area contributed by atoms with Crippen LogP contribution in [0.3, 0.4) is 0 Å². The summed E-state index contributed by atoms with van der Waals surface area (Å²) >= 11 is 0. The van der Waals surface area contributed by atoms with Gasteiger partial charge in [-0.1, -0.05) is 95.6 Å². The van der Waals surface area contributed by atoms with Crippen LogP contribution in [0.5, 0.6) is 0 Å². The molecule has 8 nitrogen and oxygen atoms in total. The highest BCUT2D eigenvalue weighted by molar-refractivity contribution is 5.70. The number of hydrogen-bond acceptors (Lipinski definition) is 8. The van der Waals surface area contributed by atoms with E-state index in [1.165, 1.54) is 0 Å². The van der Waals surface area contributed by atoms with Crippen molar-refractivity contribution < 1.29 is 38.1 Å². The number of ether oxygens (including phenoxy) is 4. The summed E-state index contributed by atoms with van der Waals surface area (Å²) in [6, 6.07) is 0. The van der Waals surface area contributed by atoms with E-state index < -0.39 is 0 Å². The maximum Gasteiger partial charge on any atom is 0.306 e. The summed E-state index contributed by atoms with van der Waals surface area (Å²) in [4.78, 5) is 44.6. The SMILES string of the molecule is C=CCOC(=O)CCCCCCCC(=O)OCC=C.C=CCOC(=O)CCCCCCCCC(=O)OCC=C. The largest absolute Gasteiger partial charge is 0.461 e. The number of unbranched alkanes of at least 4 members (excludes halogenated alkanes) is 9. The molecule has 0 radical (unpaired) electrons. The lowest BCUT2D eigenvalue weighted by molar-refractivity contribution is -0.143. The maximum atomic E-state index is 11.2. The van der Waals surface area contributed by atoms with Gasteiger partial charge in [0.05, 0.1) is 0 Å². The lowest BCUT2D eigenvalue weighted by Gasteiger charge is -2.03. The molecule has 0 aliphatic heterocycles. The molecule has 0 rings (SSSR count). The van der Waals surface area contributed by atoms with Crippen molar-refractivity contribution in [1.29, 1.82) is 0 Å². The molecule has 0 saturated carbocycles. The van der Waals surface area contributed by atoms with Gasteiger partial charge in [-0.05, 0) is 25.7 Å². The Kier molecular flexibility index (Phi) is 30.3. The summed E-state index contributed by atoms with van der Waals surface area (Å²) in [6.07, 6.45) is 18.7. The predicted octanol–water partition coefficient (Wildman–Crippen LogP) is 6.74. The van der Waals surface area contributed by atoms with E-state index in [0.717, 1.165) is 70.6 Å². The van der Waals surface area contributed by atoms with Crippen LogP contribution in [0.4, 0.5) is 0 Å². The third-order valence-corrected chi connectivity index (χ3v) is 5.22. The van der Waals surface area contributed by atoms with E-state index in [-0.39, 0.29) is 37.1 Å². The lowest BCUT2D eigenvalue weighted by atomic mass is 10.1. The van der Waals surface area contributed by atoms with Crippen LogP contribution in [0, 0.1) is 0 Å². The van der Waals surface area contributed by atoms with Crippen molar-refractivity contribution in [2.24, 2.45) is 0 Å². The molecule has 0 heterocycles. The fraction of sp³-hybridized carbons (Fsp3) is 0.613. The van der Waals surface area contributed by atoms with Gasteiger partial charge in [0.2, 0.25) is 0 Å². The Morgan fingerprint density at radius 2 is 0.538 bits per heavy atom. The summed E-state index contributed by atoms with van der Waals surface area (Å²) in [6.45, 7) is 15.1. The van der Waals surface area contributed by atoms with E-state index in [1.54, 1.807) is 24.3 Å². The molecule has 0 spiro atoms. The fourth-order valence-electron chi connectivity index (χ4n) is 3.21. The molecule has 0 N–H and O–H groups in total. The van der Waals surface area contributed by atoms with Gasteiger partial charge in [0.25, 0.3) is 0 Å². The van der Waals surface area contributed by atoms with Crippen LogP contribution < -0.4 is 0 Å². The van der Waals surface area contributed by atoms with Gasteiger partial charge in [0, 0.05) is 25.7 Å². The molecule has 0 aromatic heterocycles. The van der Waals surface area contributed by atoms with Crippen LogP contribution in [-0.4, -0.2) is 50.3 Å². The molecule has 0 aromatic rings. The Morgan fingerprint density at radius 1 is 0.359 bits per heavy atom. The van der Waals surface area contributed by atoms with Gasteiger partial charge in [0.15, 0.2) is 0 Å². The van der Waals surface area contributed by atoms with E-state index >= 15 is 0 Å². The molecule has 0 aliphatic rings. The number of carbonyl (C=O) groups is 4. The van der Waals surface area contributed by atoms with Gasteiger partial charge in [-0.3, -0.25) is 19.2 Å². The lowest BCUT2D eigenvalue weighted by Crippen LogP contribution is -2.04. The highest BCUT2D eigenvalue weighted by atomic mass is 16.5. The highest BCUT2D eigenvalue weighted by Crippen LogP contribution is 2.10. The molecular weight excluding hydrogens is 500 g/mol. The number of esters is 4. The Hall–Kier alpha value is -3.16. The van der Waals surface area contributed by atoms with Crippen molar-refractivity contribution in [2.75, 3.05) is 26.4 Å². The quantitative estimate of drug-likeness (QED) is 0.0532. The minimum absolute atomic E-state index is 0.158. The van der Waals surface area contributed by atoms with Crippen molar-refractivity contribution >= 4 is 23.9 Å². The van der Waals surface area contributed by atoms with Gasteiger partial charge in [-0.15, -0.1) is 0 Å². The van der Waals surface area contributed by atoms with E-state index in [9.17, 15) is 19.2 Å². The number of rotatable bonds is 25. The smallest absolute Gasteiger partial charge is 0.306 e. The monoisotopic (exact) mass is 550 g/mol. The molecular formula is C31H50O8.